The molecule has 11 nitrogen and oxygen atoms in total. The Labute approximate surface area is 233 Å². The van der Waals surface area contributed by atoms with Crippen LogP contribution in [0.4, 0.5) is 14.7 Å². The highest BCUT2D eigenvalue weighted by Crippen LogP contribution is 2.34. The van der Waals surface area contributed by atoms with Crippen LogP contribution in [0.1, 0.15) is 18.4 Å². The number of fused-ring (bicyclic) bond motifs is 1. The van der Waals surface area contributed by atoms with Gasteiger partial charge in [0.1, 0.15) is 29.4 Å². The quantitative estimate of drug-likeness (QED) is 0.253. The normalized spacial score (nSPS) is 13.5. The third kappa shape index (κ3) is 6.06. The number of alkyl halides is 2. The van der Waals surface area contributed by atoms with E-state index in [1.54, 1.807) is 23.1 Å². The van der Waals surface area contributed by atoms with Crippen molar-refractivity contribution >= 4 is 26.8 Å². The Morgan fingerprint density at radius 1 is 1.05 bits per heavy atom. The van der Waals surface area contributed by atoms with Gasteiger partial charge in [0, 0.05) is 18.4 Å². The second-order valence-electron chi connectivity index (χ2n) is 9.41. The Bertz CT molecular complexity index is 1810. The highest BCUT2D eigenvalue weighted by atomic mass is 32.2. The predicted octanol–water partition coefficient (Wildman–Crippen LogP) is 4.43. The first kappa shape index (κ1) is 26.5. The maximum atomic E-state index is 12.8. The lowest BCUT2D eigenvalue weighted by molar-refractivity contribution is -0.0517. The molecule has 0 aliphatic heterocycles. The first-order valence-electron chi connectivity index (χ1n) is 12.6. The number of rotatable bonds is 10. The van der Waals surface area contributed by atoms with Crippen molar-refractivity contribution in [1.82, 2.24) is 29.7 Å². The summed E-state index contributed by atoms with van der Waals surface area (Å²) < 4.78 is 62.4. The number of pyridine rings is 1. The molecule has 0 spiro atoms. The Morgan fingerprint density at radius 2 is 1.85 bits per heavy atom. The van der Waals surface area contributed by atoms with E-state index in [9.17, 15) is 17.2 Å². The van der Waals surface area contributed by atoms with Crippen molar-refractivity contribution in [2.24, 2.45) is 0 Å². The number of nitrogens with one attached hydrogen (secondary N) is 1. The van der Waals surface area contributed by atoms with Crippen LogP contribution in [0.3, 0.4) is 0 Å². The van der Waals surface area contributed by atoms with Gasteiger partial charge in [0.25, 0.3) is 0 Å². The summed E-state index contributed by atoms with van der Waals surface area (Å²) in [6, 6.07) is 15.1. The van der Waals surface area contributed by atoms with Crippen LogP contribution in [-0.2, 0) is 16.4 Å². The van der Waals surface area contributed by atoms with Crippen LogP contribution < -0.4 is 14.8 Å². The zero-order valence-electron chi connectivity index (χ0n) is 21.6. The molecule has 1 aliphatic rings. The highest BCUT2D eigenvalue weighted by Gasteiger charge is 2.26. The van der Waals surface area contributed by atoms with Gasteiger partial charge in [0.2, 0.25) is 11.8 Å². The first-order valence-corrected chi connectivity index (χ1v) is 14.4. The van der Waals surface area contributed by atoms with E-state index in [1.807, 2.05) is 24.3 Å². The van der Waals surface area contributed by atoms with Gasteiger partial charge < -0.3 is 14.8 Å². The molecule has 1 N–H and O–H groups in total. The number of aromatic nitrogens is 6. The largest absolute Gasteiger partial charge is 0.473 e. The number of hydrogen-bond acceptors (Lipinski definition) is 10. The van der Waals surface area contributed by atoms with Gasteiger partial charge in [-0.2, -0.15) is 18.9 Å². The standard InChI is InChI=1S/C27H23F2N7O4S/c1-41(37,38)23-12-17(4-11-22(23)40-26(28)29)20-9-10-21-24(33-20)25(39-19-7-8-19)35-27(34-21)31-13-16-2-5-18(6-3-16)36-15-30-14-32-36/h2-6,9-12,14-15,19,26H,7-8,13H2,1H3,(H,31,34,35). The minimum absolute atomic E-state index is 0.0263. The van der Waals surface area contributed by atoms with Crippen molar-refractivity contribution in [3.63, 3.8) is 0 Å². The molecule has 0 unspecified atom stereocenters. The number of hydrogen-bond donors (Lipinski definition) is 1. The number of anilines is 1. The molecule has 0 amide bonds. The first-order chi connectivity index (χ1) is 19.7. The van der Waals surface area contributed by atoms with Gasteiger partial charge in [-0.3, -0.25) is 0 Å². The monoisotopic (exact) mass is 579 g/mol. The van der Waals surface area contributed by atoms with Crippen LogP contribution in [-0.4, -0.2) is 57.1 Å². The molecule has 1 fully saturated rings. The molecule has 0 atom stereocenters. The van der Waals surface area contributed by atoms with Crippen LogP contribution in [0, 0.1) is 0 Å². The summed E-state index contributed by atoms with van der Waals surface area (Å²) in [7, 11) is -3.87. The minimum Gasteiger partial charge on any atom is -0.473 e. The average Bonchev–Trinajstić information content (AvgIpc) is 3.59. The summed E-state index contributed by atoms with van der Waals surface area (Å²) in [5.41, 5.74) is 3.58. The molecule has 0 bridgehead atoms. The lowest BCUT2D eigenvalue weighted by Gasteiger charge is -2.13. The van der Waals surface area contributed by atoms with E-state index in [0.29, 0.717) is 40.7 Å². The van der Waals surface area contributed by atoms with Gasteiger partial charge in [0.15, 0.2) is 15.4 Å². The number of benzene rings is 2. The molecular weight excluding hydrogens is 556 g/mol. The zero-order valence-corrected chi connectivity index (χ0v) is 22.4. The van der Waals surface area contributed by atoms with Gasteiger partial charge in [-0.25, -0.2) is 28.1 Å². The summed E-state index contributed by atoms with van der Waals surface area (Å²) in [5.74, 6) is 0.220. The van der Waals surface area contributed by atoms with Gasteiger partial charge in [0.05, 0.1) is 16.9 Å². The Kier molecular flexibility index (Phi) is 6.91. The molecule has 1 aliphatic carbocycles. The smallest absolute Gasteiger partial charge is 0.387 e. The van der Waals surface area contributed by atoms with E-state index in [1.165, 1.54) is 24.5 Å². The second kappa shape index (κ2) is 10.7. The van der Waals surface area contributed by atoms with E-state index < -0.39 is 22.2 Å². The van der Waals surface area contributed by atoms with Crippen LogP contribution in [0.5, 0.6) is 11.6 Å². The van der Waals surface area contributed by atoms with E-state index in [4.69, 9.17) is 4.74 Å². The number of ether oxygens (including phenoxy) is 2. The molecule has 2 aromatic carbocycles. The van der Waals surface area contributed by atoms with Crippen molar-refractivity contribution < 1.29 is 26.7 Å². The fourth-order valence-corrected chi connectivity index (χ4v) is 4.92. The number of sulfone groups is 1. The molecule has 14 heteroatoms. The van der Waals surface area contributed by atoms with E-state index in [-0.39, 0.29) is 11.0 Å². The molecule has 0 radical (unpaired) electrons. The number of nitrogens with zero attached hydrogens (tertiary/aromatic N) is 6. The maximum Gasteiger partial charge on any atom is 0.387 e. The Balaban J connectivity index is 1.29. The lowest BCUT2D eigenvalue weighted by atomic mass is 10.1. The van der Waals surface area contributed by atoms with Gasteiger partial charge in [-0.1, -0.05) is 12.1 Å². The molecule has 6 rings (SSSR count). The molecule has 41 heavy (non-hydrogen) atoms. The lowest BCUT2D eigenvalue weighted by Crippen LogP contribution is -2.08. The molecule has 0 saturated heterocycles. The third-order valence-electron chi connectivity index (χ3n) is 6.24. The molecule has 3 heterocycles. The SMILES string of the molecule is CS(=O)(=O)c1cc(-c2ccc3nc(NCc4ccc(-n5cncn5)cc4)nc(OC4CC4)c3n2)ccc1OC(F)F. The van der Waals surface area contributed by atoms with E-state index in [0.717, 1.165) is 30.3 Å². The van der Waals surface area contributed by atoms with Crippen LogP contribution >= 0.6 is 0 Å². The summed E-state index contributed by atoms with van der Waals surface area (Å²) in [6.07, 6.45) is 5.84. The van der Waals surface area contributed by atoms with Crippen LogP contribution in [0.2, 0.25) is 0 Å². The second-order valence-corrected chi connectivity index (χ2v) is 11.4. The minimum atomic E-state index is -3.87. The van der Waals surface area contributed by atoms with E-state index in [2.05, 4.69) is 35.1 Å². The maximum absolute atomic E-state index is 12.8. The van der Waals surface area contributed by atoms with E-state index >= 15 is 0 Å². The molecule has 1 saturated carbocycles. The fraction of sp³-hybridized carbons (Fsp3) is 0.222. The third-order valence-corrected chi connectivity index (χ3v) is 7.36. The summed E-state index contributed by atoms with van der Waals surface area (Å²) >= 11 is 0. The molecular formula is C27H23F2N7O4S. The topological polar surface area (TPSA) is 134 Å². The van der Waals surface area contributed by atoms with Crippen molar-refractivity contribution in [2.75, 3.05) is 11.6 Å². The average molecular weight is 580 g/mol. The van der Waals surface area contributed by atoms with Crippen molar-refractivity contribution in [1.29, 1.82) is 0 Å². The zero-order chi connectivity index (χ0) is 28.6. The van der Waals surface area contributed by atoms with Gasteiger partial charge in [-0.05, 0) is 60.9 Å². The molecule has 210 valence electrons. The number of halogens is 2. The summed E-state index contributed by atoms with van der Waals surface area (Å²) in [5, 5.41) is 7.35. The highest BCUT2D eigenvalue weighted by molar-refractivity contribution is 7.90. The van der Waals surface area contributed by atoms with Gasteiger partial charge in [-0.15, -0.1) is 0 Å². The van der Waals surface area contributed by atoms with Crippen LogP contribution in [0.25, 0.3) is 28.0 Å². The Hall–Kier alpha value is -4.72. The van der Waals surface area contributed by atoms with Crippen molar-refractivity contribution in [2.45, 2.75) is 37.0 Å². The predicted molar refractivity (Wildman–Crippen MR) is 145 cm³/mol. The summed E-state index contributed by atoms with van der Waals surface area (Å²) in [4.78, 5) is 17.4. The fourth-order valence-electron chi connectivity index (χ4n) is 4.09. The van der Waals surface area contributed by atoms with Crippen molar-refractivity contribution in [3.8, 4) is 28.6 Å². The Morgan fingerprint density at radius 3 is 2.54 bits per heavy atom. The van der Waals surface area contributed by atoms with Crippen LogP contribution in [0.15, 0.2) is 72.1 Å². The van der Waals surface area contributed by atoms with Crippen molar-refractivity contribution in [3.05, 3.63) is 72.8 Å². The summed E-state index contributed by atoms with van der Waals surface area (Å²) in [6.45, 7) is -2.71. The van der Waals surface area contributed by atoms with Gasteiger partial charge >= 0.3 is 6.61 Å². The molecule has 5 aromatic rings. The molecule has 3 aromatic heterocycles.